The van der Waals surface area contributed by atoms with Gasteiger partial charge < -0.3 is 5.32 Å². The summed E-state index contributed by atoms with van der Waals surface area (Å²) in [6.45, 7) is 3.07. The molecule has 0 spiro atoms. The molecule has 0 amide bonds. The van der Waals surface area contributed by atoms with Crippen molar-refractivity contribution in [1.82, 2.24) is 10.2 Å². The molecule has 1 rings (SSSR count). The number of benzene rings is 1. The molecule has 1 aromatic carbocycles. The van der Waals surface area contributed by atoms with Gasteiger partial charge >= 0.3 is 6.18 Å². The molecule has 0 aliphatic rings. The first-order valence-electron chi connectivity index (χ1n) is 6.96. The third-order valence-corrected chi connectivity index (χ3v) is 3.69. The molecule has 120 valence electrons. The summed E-state index contributed by atoms with van der Waals surface area (Å²) in [5, 5.41) is 3.79. The Morgan fingerprint density at radius 3 is 2.19 bits per heavy atom. The highest BCUT2D eigenvalue weighted by atomic mass is 35.5. The SMILES string of the molecule is CNC(CCN(CC(F)(F)F)C(C)C)c1ccc(Cl)cc1. The van der Waals surface area contributed by atoms with E-state index < -0.39 is 12.7 Å². The van der Waals surface area contributed by atoms with Gasteiger partial charge in [0.1, 0.15) is 0 Å². The van der Waals surface area contributed by atoms with Gasteiger partial charge in [0.2, 0.25) is 0 Å². The second kappa shape index (κ2) is 8.01. The number of hydrogen-bond acceptors (Lipinski definition) is 2. The Balaban J connectivity index is 2.65. The van der Waals surface area contributed by atoms with Crippen LogP contribution in [0.25, 0.3) is 0 Å². The van der Waals surface area contributed by atoms with Crippen LogP contribution in [-0.2, 0) is 0 Å². The van der Waals surface area contributed by atoms with Gasteiger partial charge in [0, 0.05) is 23.7 Å². The van der Waals surface area contributed by atoms with Crippen LogP contribution in [0.2, 0.25) is 5.02 Å². The summed E-state index contributed by atoms with van der Waals surface area (Å²) in [5.74, 6) is 0. The van der Waals surface area contributed by atoms with Crippen LogP contribution in [0.15, 0.2) is 24.3 Å². The van der Waals surface area contributed by atoms with Crippen molar-refractivity contribution in [2.45, 2.75) is 38.5 Å². The highest BCUT2D eigenvalue weighted by molar-refractivity contribution is 6.30. The van der Waals surface area contributed by atoms with Crippen LogP contribution in [0, 0.1) is 0 Å². The highest BCUT2D eigenvalue weighted by Crippen LogP contribution is 2.22. The summed E-state index contributed by atoms with van der Waals surface area (Å²) < 4.78 is 37.7. The summed E-state index contributed by atoms with van der Waals surface area (Å²) in [5.41, 5.74) is 1.03. The van der Waals surface area contributed by atoms with Crippen molar-refractivity contribution in [1.29, 1.82) is 0 Å². The molecule has 21 heavy (non-hydrogen) atoms. The molecule has 0 aliphatic carbocycles. The van der Waals surface area contributed by atoms with E-state index in [0.717, 1.165) is 5.56 Å². The summed E-state index contributed by atoms with van der Waals surface area (Å²) in [4.78, 5) is 1.44. The lowest BCUT2D eigenvalue weighted by Gasteiger charge is -2.29. The zero-order valence-corrected chi connectivity index (χ0v) is 13.3. The zero-order valence-electron chi connectivity index (χ0n) is 12.5. The molecule has 0 fully saturated rings. The highest BCUT2D eigenvalue weighted by Gasteiger charge is 2.31. The van der Waals surface area contributed by atoms with Crippen LogP contribution in [0.1, 0.15) is 31.9 Å². The number of alkyl halides is 3. The minimum atomic E-state index is -4.17. The fourth-order valence-corrected chi connectivity index (χ4v) is 2.34. The van der Waals surface area contributed by atoms with E-state index in [1.165, 1.54) is 4.90 Å². The monoisotopic (exact) mass is 322 g/mol. The van der Waals surface area contributed by atoms with Gasteiger partial charge in [-0.3, -0.25) is 4.90 Å². The standard InChI is InChI=1S/C15H22ClF3N2/c1-11(2)21(10-15(17,18)19)9-8-14(20-3)12-4-6-13(16)7-5-12/h4-7,11,14,20H,8-10H2,1-3H3. The molecular formula is C15H22ClF3N2. The predicted molar refractivity (Wildman–Crippen MR) is 80.6 cm³/mol. The molecule has 6 heteroatoms. The Labute approximate surface area is 129 Å². The normalized spacial score (nSPS) is 14.0. The van der Waals surface area contributed by atoms with Gasteiger partial charge in [-0.2, -0.15) is 13.2 Å². The second-order valence-corrected chi connectivity index (χ2v) is 5.80. The average Bonchev–Trinajstić information content (AvgIpc) is 2.38. The zero-order chi connectivity index (χ0) is 16.0. The van der Waals surface area contributed by atoms with Crippen molar-refractivity contribution in [3.05, 3.63) is 34.9 Å². The van der Waals surface area contributed by atoms with Gasteiger partial charge in [-0.1, -0.05) is 23.7 Å². The minimum absolute atomic E-state index is 0.0109. The molecule has 1 atom stereocenters. The molecule has 1 unspecified atom stereocenters. The van der Waals surface area contributed by atoms with E-state index in [4.69, 9.17) is 11.6 Å². The van der Waals surface area contributed by atoms with Crippen LogP contribution >= 0.6 is 11.6 Å². The van der Waals surface area contributed by atoms with Crippen LogP contribution in [0.5, 0.6) is 0 Å². The quantitative estimate of drug-likeness (QED) is 0.806. The summed E-state index contributed by atoms with van der Waals surface area (Å²) in [6.07, 6.45) is -3.56. The largest absolute Gasteiger partial charge is 0.401 e. The lowest BCUT2D eigenvalue weighted by molar-refractivity contribution is -0.149. The predicted octanol–water partition coefficient (Wildman–Crippen LogP) is 4.26. The van der Waals surface area contributed by atoms with Crippen molar-refractivity contribution in [3.8, 4) is 0 Å². The first-order valence-corrected chi connectivity index (χ1v) is 7.34. The van der Waals surface area contributed by atoms with Gasteiger partial charge in [0.15, 0.2) is 0 Å². The van der Waals surface area contributed by atoms with Crippen molar-refractivity contribution in [3.63, 3.8) is 0 Å². The first-order chi connectivity index (χ1) is 9.73. The van der Waals surface area contributed by atoms with Crippen molar-refractivity contribution < 1.29 is 13.2 Å². The number of rotatable bonds is 7. The topological polar surface area (TPSA) is 15.3 Å². The molecule has 0 aliphatic heterocycles. The van der Waals surface area contributed by atoms with Crippen molar-refractivity contribution in [2.75, 3.05) is 20.1 Å². The van der Waals surface area contributed by atoms with Gasteiger partial charge in [0.25, 0.3) is 0 Å². The lowest BCUT2D eigenvalue weighted by Crippen LogP contribution is -2.40. The van der Waals surface area contributed by atoms with Crippen molar-refractivity contribution >= 4 is 11.6 Å². The maximum absolute atomic E-state index is 12.6. The maximum Gasteiger partial charge on any atom is 0.401 e. The van der Waals surface area contributed by atoms with E-state index in [9.17, 15) is 13.2 Å². The number of nitrogens with zero attached hydrogens (tertiary/aromatic N) is 1. The van der Waals surface area contributed by atoms with E-state index in [0.29, 0.717) is 18.0 Å². The van der Waals surface area contributed by atoms with Gasteiger partial charge in [0.05, 0.1) is 6.54 Å². The molecule has 0 saturated heterocycles. The molecule has 0 saturated carbocycles. The molecule has 0 radical (unpaired) electrons. The molecule has 1 N–H and O–H groups in total. The van der Waals surface area contributed by atoms with E-state index >= 15 is 0 Å². The fourth-order valence-electron chi connectivity index (χ4n) is 2.22. The van der Waals surface area contributed by atoms with Gasteiger partial charge in [-0.05, 0) is 45.0 Å². The molecule has 0 bridgehead atoms. The van der Waals surface area contributed by atoms with E-state index in [1.807, 2.05) is 19.2 Å². The fraction of sp³-hybridized carbons (Fsp3) is 0.600. The Bertz CT molecular complexity index is 418. The minimum Gasteiger partial charge on any atom is -0.313 e. The van der Waals surface area contributed by atoms with Crippen LogP contribution in [0.3, 0.4) is 0 Å². The Kier molecular flexibility index (Phi) is 6.97. The molecule has 1 aromatic rings. The molecular weight excluding hydrogens is 301 g/mol. The summed E-state index contributed by atoms with van der Waals surface area (Å²) >= 11 is 5.85. The lowest BCUT2D eigenvalue weighted by atomic mass is 10.0. The van der Waals surface area contributed by atoms with E-state index in [1.54, 1.807) is 26.0 Å². The van der Waals surface area contributed by atoms with Gasteiger partial charge in [-0.25, -0.2) is 0 Å². The molecule has 2 nitrogen and oxygen atoms in total. The number of hydrogen-bond donors (Lipinski definition) is 1. The Morgan fingerprint density at radius 1 is 1.19 bits per heavy atom. The smallest absolute Gasteiger partial charge is 0.313 e. The summed E-state index contributed by atoms with van der Waals surface area (Å²) in [6, 6.07) is 7.24. The van der Waals surface area contributed by atoms with Gasteiger partial charge in [-0.15, -0.1) is 0 Å². The van der Waals surface area contributed by atoms with E-state index in [-0.39, 0.29) is 12.1 Å². The Hall–Kier alpha value is -0.780. The summed E-state index contributed by atoms with van der Waals surface area (Å²) in [7, 11) is 1.81. The number of nitrogens with one attached hydrogen (secondary N) is 1. The van der Waals surface area contributed by atoms with E-state index in [2.05, 4.69) is 5.32 Å². The average molecular weight is 323 g/mol. The van der Waals surface area contributed by atoms with Crippen LogP contribution in [0.4, 0.5) is 13.2 Å². The Morgan fingerprint density at radius 2 is 1.76 bits per heavy atom. The first kappa shape index (κ1) is 18.3. The maximum atomic E-state index is 12.6. The van der Waals surface area contributed by atoms with Crippen LogP contribution < -0.4 is 5.32 Å². The van der Waals surface area contributed by atoms with Crippen molar-refractivity contribution in [2.24, 2.45) is 0 Å². The second-order valence-electron chi connectivity index (χ2n) is 5.36. The molecule has 0 heterocycles. The molecule has 0 aromatic heterocycles. The third-order valence-electron chi connectivity index (χ3n) is 3.44. The van der Waals surface area contributed by atoms with Crippen LogP contribution in [-0.4, -0.2) is 37.3 Å². The number of halogens is 4. The third kappa shape index (κ3) is 6.68.